The molecule has 3 aromatic carbocycles. The van der Waals surface area contributed by atoms with Gasteiger partial charge in [-0.2, -0.15) is 0 Å². The zero-order valence-electron chi connectivity index (χ0n) is 21.8. The summed E-state index contributed by atoms with van der Waals surface area (Å²) in [6.45, 7) is 0. The number of nitrogens with two attached hydrogens (primary N) is 2. The van der Waals surface area contributed by atoms with Gasteiger partial charge in [-0.3, -0.25) is 9.59 Å². The van der Waals surface area contributed by atoms with Crippen molar-refractivity contribution in [3.8, 4) is 5.75 Å². The Morgan fingerprint density at radius 2 is 1.33 bits per heavy atom. The van der Waals surface area contributed by atoms with Crippen LogP contribution in [0.3, 0.4) is 0 Å². The lowest BCUT2D eigenvalue weighted by Crippen LogP contribution is -2.50. The van der Waals surface area contributed by atoms with E-state index in [0.29, 0.717) is 6.42 Å². The molecule has 3 rings (SSSR count). The number of nitrogens with one attached hydrogen (secondary N) is 1. The average Bonchev–Trinajstić information content (AvgIpc) is 2.93. The van der Waals surface area contributed by atoms with Crippen molar-refractivity contribution >= 4 is 11.8 Å². The summed E-state index contributed by atoms with van der Waals surface area (Å²) < 4.78 is 0. The molecule has 2 amide bonds. The number of hydrogen-bond donors (Lipinski definition) is 6. The Morgan fingerprint density at radius 3 is 1.90 bits per heavy atom. The first-order valence-corrected chi connectivity index (χ1v) is 13.0. The Balaban J connectivity index is 1.66. The highest BCUT2D eigenvalue weighted by Crippen LogP contribution is 2.17. The zero-order chi connectivity index (χ0) is 28.2. The highest BCUT2D eigenvalue weighted by molar-refractivity contribution is 5.88. The maximum atomic E-state index is 13.3. The van der Waals surface area contributed by atoms with Crippen molar-refractivity contribution in [2.45, 2.75) is 50.0 Å². The first-order valence-electron chi connectivity index (χ1n) is 13.0. The van der Waals surface area contributed by atoms with Gasteiger partial charge in [0.25, 0.3) is 0 Å². The SMILES string of the molecule is NC(=O)[C@H](Cc1ccccc1)NC(=O)[C@H](Cc1ccccc1)[C@H](O)C=CC[C@@H](O)[C@@H](N)Cc1ccc(O)cc1. The Labute approximate surface area is 229 Å². The minimum absolute atomic E-state index is 0.154. The van der Waals surface area contributed by atoms with Gasteiger partial charge >= 0.3 is 0 Å². The van der Waals surface area contributed by atoms with E-state index in [-0.39, 0.29) is 25.0 Å². The minimum Gasteiger partial charge on any atom is -0.508 e. The highest BCUT2D eigenvalue weighted by Gasteiger charge is 2.29. The predicted octanol–water partition coefficient (Wildman–Crippen LogP) is 2.00. The van der Waals surface area contributed by atoms with Crippen molar-refractivity contribution < 1.29 is 24.9 Å². The molecule has 8 N–H and O–H groups in total. The summed E-state index contributed by atoms with van der Waals surface area (Å²) in [5.74, 6) is -1.91. The van der Waals surface area contributed by atoms with Crippen LogP contribution in [-0.4, -0.2) is 51.4 Å². The molecule has 3 aromatic rings. The Kier molecular flexibility index (Phi) is 11.2. The maximum absolute atomic E-state index is 13.3. The van der Waals surface area contributed by atoms with E-state index in [9.17, 15) is 24.9 Å². The second-order valence-electron chi connectivity index (χ2n) is 9.71. The van der Waals surface area contributed by atoms with Crippen LogP contribution in [0.25, 0.3) is 0 Å². The number of aliphatic hydroxyl groups is 2. The lowest BCUT2D eigenvalue weighted by molar-refractivity contribution is -0.131. The number of primary amides is 1. The standard InChI is InChI=1S/C31H37N3O5/c32-26(19-23-14-16-24(35)17-15-23)29(37)13-7-12-28(36)25(18-21-8-3-1-4-9-21)31(39)34-27(30(33)38)20-22-10-5-2-6-11-22/h1-12,14-17,25-29,35-37H,13,18-20,32H2,(H2,33,38)(H,34,39)/t25-,26+,27+,28-,29-/m1/s1. The molecule has 0 unspecified atom stereocenters. The van der Waals surface area contributed by atoms with Gasteiger partial charge in [0.05, 0.1) is 18.1 Å². The number of amides is 2. The van der Waals surface area contributed by atoms with Gasteiger partial charge in [0.15, 0.2) is 0 Å². The van der Waals surface area contributed by atoms with E-state index in [1.54, 1.807) is 30.3 Å². The van der Waals surface area contributed by atoms with Crippen LogP contribution in [-0.2, 0) is 28.9 Å². The summed E-state index contributed by atoms with van der Waals surface area (Å²) in [5.41, 5.74) is 14.3. The topological polar surface area (TPSA) is 159 Å². The molecule has 0 aliphatic carbocycles. The van der Waals surface area contributed by atoms with Crippen LogP contribution in [0.5, 0.6) is 5.75 Å². The smallest absolute Gasteiger partial charge is 0.240 e. The molecule has 0 aromatic heterocycles. The molecule has 0 saturated carbocycles. The second-order valence-corrected chi connectivity index (χ2v) is 9.71. The molecule has 0 bridgehead atoms. The van der Waals surface area contributed by atoms with E-state index in [1.807, 2.05) is 60.7 Å². The van der Waals surface area contributed by atoms with Gasteiger partial charge in [0, 0.05) is 12.5 Å². The molecule has 8 heteroatoms. The second kappa shape index (κ2) is 14.8. The number of aliphatic hydroxyl groups excluding tert-OH is 2. The third kappa shape index (κ3) is 9.68. The number of hydrogen-bond acceptors (Lipinski definition) is 6. The number of aromatic hydroxyl groups is 1. The fourth-order valence-corrected chi connectivity index (χ4v) is 4.29. The molecule has 5 atom stereocenters. The van der Waals surface area contributed by atoms with Crippen molar-refractivity contribution in [1.29, 1.82) is 0 Å². The molecular weight excluding hydrogens is 494 g/mol. The third-order valence-corrected chi connectivity index (χ3v) is 6.60. The van der Waals surface area contributed by atoms with Crippen LogP contribution in [0.2, 0.25) is 0 Å². The van der Waals surface area contributed by atoms with E-state index in [2.05, 4.69) is 5.32 Å². The van der Waals surface area contributed by atoms with Crippen LogP contribution in [0, 0.1) is 5.92 Å². The van der Waals surface area contributed by atoms with Gasteiger partial charge in [-0.25, -0.2) is 0 Å². The number of carbonyl (C=O) groups excluding carboxylic acids is 2. The van der Waals surface area contributed by atoms with Crippen LogP contribution < -0.4 is 16.8 Å². The normalized spacial score (nSPS) is 15.3. The fraction of sp³-hybridized carbons (Fsp3) is 0.290. The van der Waals surface area contributed by atoms with Crippen molar-refractivity contribution in [3.63, 3.8) is 0 Å². The van der Waals surface area contributed by atoms with Gasteiger partial charge in [-0.1, -0.05) is 84.9 Å². The quantitative estimate of drug-likeness (QED) is 0.175. The molecule has 206 valence electrons. The van der Waals surface area contributed by atoms with E-state index >= 15 is 0 Å². The lowest BCUT2D eigenvalue weighted by Gasteiger charge is -2.24. The predicted molar refractivity (Wildman–Crippen MR) is 150 cm³/mol. The largest absolute Gasteiger partial charge is 0.508 e. The van der Waals surface area contributed by atoms with Crippen molar-refractivity contribution in [2.24, 2.45) is 17.4 Å². The molecule has 0 aliphatic rings. The molecule has 0 heterocycles. The van der Waals surface area contributed by atoms with Crippen LogP contribution in [0.4, 0.5) is 0 Å². The Hall–Kier alpha value is -3.98. The summed E-state index contributed by atoms with van der Waals surface area (Å²) in [6.07, 6.45) is 2.06. The maximum Gasteiger partial charge on any atom is 0.240 e. The first kappa shape index (κ1) is 29.6. The molecule has 39 heavy (non-hydrogen) atoms. The van der Waals surface area contributed by atoms with Gasteiger partial charge in [-0.05, 0) is 48.1 Å². The number of rotatable bonds is 14. The van der Waals surface area contributed by atoms with Gasteiger partial charge in [-0.15, -0.1) is 0 Å². The first-order chi connectivity index (χ1) is 18.7. The molecule has 8 nitrogen and oxygen atoms in total. The number of phenolic OH excluding ortho intramolecular Hbond substituents is 1. The van der Waals surface area contributed by atoms with Crippen LogP contribution in [0.15, 0.2) is 97.1 Å². The van der Waals surface area contributed by atoms with E-state index < -0.39 is 42.0 Å². The molecule has 0 aliphatic heterocycles. The molecule has 0 saturated heterocycles. The van der Waals surface area contributed by atoms with E-state index in [0.717, 1.165) is 16.7 Å². The number of carbonyl (C=O) groups is 2. The highest BCUT2D eigenvalue weighted by atomic mass is 16.3. The van der Waals surface area contributed by atoms with E-state index in [4.69, 9.17) is 11.5 Å². The summed E-state index contributed by atoms with van der Waals surface area (Å²) in [6, 6.07) is 23.6. The Bertz CT molecular complexity index is 1200. The lowest BCUT2D eigenvalue weighted by atomic mass is 9.91. The third-order valence-electron chi connectivity index (χ3n) is 6.60. The van der Waals surface area contributed by atoms with Crippen molar-refractivity contribution in [1.82, 2.24) is 5.32 Å². The average molecular weight is 532 g/mol. The summed E-state index contributed by atoms with van der Waals surface area (Å²) in [7, 11) is 0. The van der Waals surface area contributed by atoms with Crippen molar-refractivity contribution in [3.05, 3.63) is 114 Å². The number of phenols is 1. The van der Waals surface area contributed by atoms with Crippen LogP contribution >= 0.6 is 0 Å². The summed E-state index contributed by atoms with van der Waals surface area (Å²) in [4.78, 5) is 25.5. The minimum atomic E-state index is -1.18. The molecule has 0 spiro atoms. The van der Waals surface area contributed by atoms with Gasteiger partial charge < -0.3 is 32.1 Å². The van der Waals surface area contributed by atoms with E-state index in [1.165, 1.54) is 6.08 Å². The monoisotopic (exact) mass is 531 g/mol. The van der Waals surface area contributed by atoms with Gasteiger partial charge in [0.1, 0.15) is 11.8 Å². The fourth-order valence-electron chi connectivity index (χ4n) is 4.29. The van der Waals surface area contributed by atoms with Crippen LogP contribution in [0.1, 0.15) is 23.1 Å². The molecular formula is C31H37N3O5. The zero-order valence-corrected chi connectivity index (χ0v) is 21.8. The summed E-state index contributed by atoms with van der Waals surface area (Å²) in [5, 5.41) is 33.6. The Morgan fingerprint density at radius 1 is 0.795 bits per heavy atom. The number of benzene rings is 3. The van der Waals surface area contributed by atoms with Gasteiger partial charge in [0.2, 0.25) is 11.8 Å². The molecule has 0 fully saturated rings. The summed E-state index contributed by atoms with van der Waals surface area (Å²) >= 11 is 0. The molecule has 0 radical (unpaired) electrons. The van der Waals surface area contributed by atoms with Crippen molar-refractivity contribution in [2.75, 3.05) is 0 Å².